The SMILES string of the molecule is CC(C)c1ccc(OCc2nnc(SCC(=O)Nc3ccccc3Cl)n2C)cc1. The monoisotopic (exact) mass is 430 g/mol. The molecule has 0 aliphatic carbocycles. The lowest BCUT2D eigenvalue weighted by molar-refractivity contribution is -0.113. The number of benzene rings is 2. The number of carbonyl (C=O) groups excluding carboxylic acids is 1. The van der Waals surface area contributed by atoms with Crippen molar-refractivity contribution in [3.05, 3.63) is 64.9 Å². The number of nitrogens with zero attached hydrogens (tertiary/aromatic N) is 3. The highest BCUT2D eigenvalue weighted by Crippen LogP contribution is 2.22. The van der Waals surface area contributed by atoms with E-state index in [1.54, 1.807) is 12.1 Å². The lowest BCUT2D eigenvalue weighted by Crippen LogP contribution is -2.14. The van der Waals surface area contributed by atoms with Gasteiger partial charge in [0.05, 0.1) is 16.5 Å². The quantitative estimate of drug-likeness (QED) is 0.514. The van der Waals surface area contributed by atoms with E-state index in [1.165, 1.54) is 17.3 Å². The van der Waals surface area contributed by atoms with E-state index >= 15 is 0 Å². The Hall–Kier alpha value is -2.51. The fraction of sp³-hybridized carbons (Fsp3) is 0.286. The average molecular weight is 431 g/mol. The molecule has 8 heteroatoms. The van der Waals surface area contributed by atoms with Crippen LogP contribution in [0.4, 0.5) is 5.69 Å². The average Bonchev–Trinajstić information content (AvgIpc) is 3.06. The number of anilines is 1. The highest BCUT2D eigenvalue weighted by molar-refractivity contribution is 7.99. The van der Waals surface area contributed by atoms with E-state index in [2.05, 4.69) is 41.5 Å². The van der Waals surface area contributed by atoms with E-state index in [-0.39, 0.29) is 11.7 Å². The van der Waals surface area contributed by atoms with Crippen LogP contribution >= 0.6 is 23.4 Å². The smallest absolute Gasteiger partial charge is 0.234 e. The van der Waals surface area contributed by atoms with Crippen LogP contribution in [0.5, 0.6) is 5.75 Å². The summed E-state index contributed by atoms with van der Waals surface area (Å²) in [6, 6.07) is 15.2. The van der Waals surface area contributed by atoms with Gasteiger partial charge in [0, 0.05) is 7.05 Å². The second kappa shape index (κ2) is 9.80. The first-order valence-corrected chi connectivity index (χ1v) is 10.6. The van der Waals surface area contributed by atoms with Crippen LogP contribution in [-0.2, 0) is 18.4 Å². The molecule has 0 aliphatic heterocycles. The van der Waals surface area contributed by atoms with Gasteiger partial charge in [0.2, 0.25) is 5.91 Å². The maximum absolute atomic E-state index is 12.2. The second-order valence-corrected chi connectivity index (χ2v) is 8.14. The first kappa shape index (κ1) is 21.2. The van der Waals surface area contributed by atoms with Gasteiger partial charge < -0.3 is 14.6 Å². The summed E-state index contributed by atoms with van der Waals surface area (Å²) in [4.78, 5) is 12.2. The number of amides is 1. The van der Waals surface area contributed by atoms with Crippen molar-refractivity contribution in [3.8, 4) is 5.75 Å². The Morgan fingerprint density at radius 3 is 2.59 bits per heavy atom. The van der Waals surface area contributed by atoms with Crippen LogP contribution in [0.2, 0.25) is 5.02 Å². The van der Waals surface area contributed by atoms with Crippen LogP contribution in [0.3, 0.4) is 0 Å². The molecule has 1 N–H and O–H groups in total. The summed E-state index contributed by atoms with van der Waals surface area (Å²) in [6.45, 7) is 4.61. The third-order valence-electron chi connectivity index (χ3n) is 4.32. The molecule has 1 amide bonds. The molecule has 29 heavy (non-hydrogen) atoms. The molecule has 3 rings (SSSR count). The molecule has 0 saturated heterocycles. The highest BCUT2D eigenvalue weighted by atomic mass is 35.5. The van der Waals surface area contributed by atoms with Crippen molar-refractivity contribution in [2.75, 3.05) is 11.1 Å². The summed E-state index contributed by atoms with van der Waals surface area (Å²) in [5, 5.41) is 12.3. The minimum Gasteiger partial charge on any atom is -0.486 e. The molecular weight excluding hydrogens is 408 g/mol. The normalized spacial score (nSPS) is 10.9. The Labute approximate surface area is 179 Å². The number of carbonyl (C=O) groups is 1. The number of hydrogen-bond donors (Lipinski definition) is 1. The van der Waals surface area contributed by atoms with Gasteiger partial charge in [-0.2, -0.15) is 0 Å². The Balaban J connectivity index is 1.52. The molecule has 1 heterocycles. The van der Waals surface area contributed by atoms with Crippen molar-refractivity contribution >= 4 is 35.0 Å². The predicted octanol–water partition coefficient (Wildman–Crippen LogP) is 4.90. The summed E-state index contributed by atoms with van der Waals surface area (Å²) in [6.07, 6.45) is 0. The number of hydrogen-bond acceptors (Lipinski definition) is 5. The third-order valence-corrected chi connectivity index (χ3v) is 5.67. The van der Waals surface area contributed by atoms with Crippen LogP contribution in [0, 0.1) is 0 Å². The highest BCUT2D eigenvalue weighted by Gasteiger charge is 2.13. The Morgan fingerprint density at radius 2 is 1.90 bits per heavy atom. The van der Waals surface area contributed by atoms with Crippen LogP contribution in [0.15, 0.2) is 53.7 Å². The van der Waals surface area contributed by atoms with E-state index < -0.39 is 0 Å². The molecule has 0 saturated carbocycles. The van der Waals surface area contributed by atoms with Crippen LogP contribution in [-0.4, -0.2) is 26.4 Å². The number of para-hydroxylation sites is 1. The van der Waals surface area contributed by atoms with Crippen molar-refractivity contribution in [1.29, 1.82) is 0 Å². The summed E-state index contributed by atoms with van der Waals surface area (Å²) in [5.74, 6) is 2.00. The van der Waals surface area contributed by atoms with Crippen molar-refractivity contribution < 1.29 is 9.53 Å². The largest absolute Gasteiger partial charge is 0.486 e. The fourth-order valence-electron chi connectivity index (χ4n) is 2.57. The number of ether oxygens (including phenoxy) is 1. The van der Waals surface area contributed by atoms with E-state index in [9.17, 15) is 4.79 Å². The molecule has 0 aliphatic rings. The summed E-state index contributed by atoms with van der Waals surface area (Å²) >= 11 is 7.37. The van der Waals surface area contributed by atoms with Gasteiger partial charge in [-0.05, 0) is 35.7 Å². The molecule has 6 nitrogen and oxygen atoms in total. The Kier molecular flexibility index (Phi) is 7.17. The molecule has 0 atom stereocenters. The summed E-state index contributed by atoms with van der Waals surface area (Å²) < 4.78 is 7.64. The van der Waals surface area contributed by atoms with Gasteiger partial charge in [-0.15, -0.1) is 10.2 Å². The molecular formula is C21H23ClN4O2S. The van der Waals surface area contributed by atoms with Crippen LogP contribution in [0.1, 0.15) is 31.2 Å². The van der Waals surface area contributed by atoms with Crippen molar-refractivity contribution in [2.45, 2.75) is 31.5 Å². The fourth-order valence-corrected chi connectivity index (χ4v) is 3.49. The minimum atomic E-state index is -0.158. The van der Waals surface area contributed by atoms with Crippen LogP contribution < -0.4 is 10.1 Å². The van der Waals surface area contributed by atoms with Gasteiger partial charge in [-0.25, -0.2) is 0 Å². The minimum absolute atomic E-state index is 0.158. The number of halogens is 1. The number of rotatable bonds is 8. The third kappa shape index (κ3) is 5.74. The van der Waals surface area contributed by atoms with Gasteiger partial charge in [0.15, 0.2) is 11.0 Å². The van der Waals surface area contributed by atoms with Crippen LogP contribution in [0.25, 0.3) is 0 Å². The molecule has 2 aromatic carbocycles. The lowest BCUT2D eigenvalue weighted by atomic mass is 10.0. The van der Waals surface area contributed by atoms with Gasteiger partial charge in [-0.1, -0.05) is 61.5 Å². The second-order valence-electron chi connectivity index (χ2n) is 6.79. The van der Waals surface area contributed by atoms with Gasteiger partial charge in [-0.3, -0.25) is 4.79 Å². The molecule has 0 bridgehead atoms. The topological polar surface area (TPSA) is 69.0 Å². The number of aromatic nitrogens is 3. The van der Waals surface area contributed by atoms with E-state index in [0.717, 1.165) is 5.75 Å². The first-order valence-electron chi connectivity index (χ1n) is 9.22. The molecule has 0 spiro atoms. The van der Waals surface area contributed by atoms with Crippen molar-refractivity contribution in [3.63, 3.8) is 0 Å². The van der Waals surface area contributed by atoms with E-state index in [1.807, 2.05) is 35.9 Å². The van der Waals surface area contributed by atoms with Gasteiger partial charge in [0.1, 0.15) is 12.4 Å². The molecule has 152 valence electrons. The number of nitrogens with one attached hydrogen (secondary N) is 1. The standard InChI is InChI=1S/C21H23ClN4O2S/c1-14(2)15-8-10-16(11-9-15)28-12-19-24-25-21(26(19)3)29-13-20(27)23-18-7-5-4-6-17(18)22/h4-11,14H,12-13H2,1-3H3,(H,23,27). The maximum Gasteiger partial charge on any atom is 0.234 e. The zero-order chi connectivity index (χ0) is 20.8. The number of thioether (sulfide) groups is 1. The maximum atomic E-state index is 12.2. The predicted molar refractivity (Wildman–Crippen MR) is 117 cm³/mol. The zero-order valence-electron chi connectivity index (χ0n) is 16.6. The molecule has 0 radical (unpaired) electrons. The van der Waals surface area contributed by atoms with Gasteiger partial charge in [0.25, 0.3) is 0 Å². The summed E-state index contributed by atoms with van der Waals surface area (Å²) in [5.41, 5.74) is 1.86. The zero-order valence-corrected chi connectivity index (χ0v) is 18.1. The molecule has 1 aromatic heterocycles. The Morgan fingerprint density at radius 1 is 1.17 bits per heavy atom. The van der Waals surface area contributed by atoms with E-state index in [0.29, 0.717) is 34.2 Å². The molecule has 3 aromatic rings. The van der Waals surface area contributed by atoms with Crippen molar-refractivity contribution in [2.24, 2.45) is 7.05 Å². The Bertz CT molecular complexity index is 973. The lowest BCUT2D eigenvalue weighted by Gasteiger charge is -2.09. The first-order chi connectivity index (χ1) is 13.9. The molecule has 0 unspecified atom stereocenters. The van der Waals surface area contributed by atoms with Crippen molar-refractivity contribution in [1.82, 2.24) is 14.8 Å². The summed E-state index contributed by atoms with van der Waals surface area (Å²) in [7, 11) is 1.86. The molecule has 0 fully saturated rings. The van der Waals surface area contributed by atoms with E-state index in [4.69, 9.17) is 16.3 Å². The van der Waals surface area contributed by atoms with Gasteiger partial charge >= 0.3 is 0 Å².